The number of nitrogens with one attached hydrogen (secondary N) is 1. The zero-order valence-corrected chi connectivity index (χ0v) is 26.4. The Hall–Kier alpha value is -2.99. The van der Waals surface area contributed by atoms with Gasteiger partial charge in [-0.3, -0.25) is 13.9 Å². The van der Waals surface area contributed by atoms with E-state index in [9.17, 15) is 31.2 Å². The molecule has 0 aliphatic heterocycles. The first-order chi connectivity index (χ1) is 20.1. The molecule has 0 unspecified atom stereocenters. The average Bonchev–Trinajstić information content (AvgIpc) is 2.93. The molecular formula is C29H29Cl3F3N3O4S. The summed E-state index contributed by atoms with van der Waals surface area (Å²) in [7, 11) is -4.63. The van der Waals surface area contributed by atoms with Crippen LogP contribution in [0, 0.1) is 0 Å². The minimum Gasteiger partial charge on any atom is -0.352 e. The van der Waals surface area contributed by atoms with Crippen molar-refractivity contribution in [2.24, 2.45) is 0 Å². The van der Waals surface area contributed by atoms with E-state index in [1.165, 1.54) is 36.4 Å². The summed E-state index contributed by atoms with van der Waals surface area (Å²) in [6.45, 7) is 3.99. The monoisotopic (exact) mass is 677 g/mol. The molecule has 14 heteroatoms. The molecule has 0 saturated heterocycles. The van der Waals surface area contributed by atoms with E-state index in [1.807, 2.05) is 0 Å². The third-order valence-electron chi connectivity index (χ3n) is 6.31. The molecule has 0 aromatic heterocycles. The molecule has 0 aliphatic carbocycles. The summed E-state index contributed by atoms with van der Waals surface area (Å²) in [6.07, 6.45) is -4.69. The highest BCUT2D eigenvalue weighted by Gasteiger charge is 2.37. The highest BCUT2D eigenvalue weighted by molar-refractivity contribution is 7.92. The summed E-state index contributed by atoms with van der Waals surface area (Å²) in [4.78, 5) is 28.1. The summed E-state index contributed by atoms with van der Waals surface area (Å²) in [6, 6.07) is 12.4. The first-order valence-corrected chi connectivity index (χ1v) is 15.6. The van der Waals surface area contributed by atoms with Crippen molar-refractivity contribution >= 4 is 62.3 Å². The van der Waals surface area contributed by atoms with Gasteiger partial charge in [0, 0.05) is 12.6 Å². The maximum Gasteiger partial charge on any atom is 0.416 e. The fourth-order valence-electron chi connectivity index (χ4n) is 4.25. The van der Waals surface area contributed by atoms with Crippen LogP contribution in [0.5, 0.6) is 0 Å². The van der Waals surface area contributed by atoms with Gasteiger partial charge in [-0.1, -0.05) is 66.0 Å². The molecule has 0 heterocycles. The van der Waals surface area contributed by atoms with Gasteiger partial charge in [0.15, 0.2) is 0 Å². The van der Waals surface area contributed by atoms with E-state index in [4.69, 9.17) is 34.8 Å². The molecule has 0 saturated carbocycles. The second kappa shape index (κ2) is 14.2. The first-order valence-electron chi connectivity index (χ1n) is 13.0. The van der Waals surface area contributed by atoms with E-state index < -0.39 is 51.9 Å². The predicted octanol–water partition coefficient (Wildman–Crippen LogP) is 7.19. The van der Waals surface area contributed by atoms with Gasteiger partial charge in [-0.05, 0) is 68.3 Å². The van der Waals surface area contributed by atoms with Gasteiger partial charge in [0.25, 0.3) is 10.0 Å². The number of halogens is 6. The molecule has 0 aliphatic rings. The Kier molecular flexibility index (Phi) is 11.4. The van der Waals surface area contributed by atoms with Crippen LogP contribution in [-0.2, 0) is 32.3 Å². The number of amides is 2. The fraction of sp³-hybridized carbons (Fsp3) is 0.310. The van der Waals surface area contributed by atoms with Crippen LogP contribution in [0.1, 0.15) is 38.3 Å². The summed E-state index contributed by atoms with van der Waals surface area (Å²) >= 11 is 18.5. The lowest BCUT2D eigenvalue weighted by molar-refractivity contribution is -0.140. The molecule has 0 bridgehead atoms. The van der Waals surface area contributed by atoms with Crippen molar-refractivity contribution in [1.82, 2.24) is 10.2 Å². The van der Waals surface area contributed by atoms with Gasteiger partial charge >= 0.3 is 6.18 Å². The molecule has 3 aromatic rings. The maximum absolute atomic E-state index is 14.1. The van der Waals surface area contributed by atoms with E-state index in [0.717, 1.165) is 11.0 Å². The highest BCUT2D eigenvalue weighted by Crippen LogP contribution is 2.37. The Balaban J connectivity index is 2.17. The van der Waals surface area contributed by atoms with Crippen molar-refractivity contribution in [2.45, 2.75) is 56.9 Å². The number of sulfonamides is 1. The van der Waals surface area contributed by atoms with Gasteiger partial charge < -0.3 is 10.2 Å². The molecule has 1 atom stereocenters. The molecule has 43 heavy (non-hydrogen) atoms. The fourth-order valence-corrected chi connectivity index (χ4v) is 6.28. The second-order valence-electron chi connectivity index (χ2n) is 9.85. The van der Waals surface area contributed by atoms with Gasteiger partial charge in [-0.2, -0.15) is 13.2 Å². The van der Waals surface area contributed by atoms with Crippen LogP contribution < -0.4 is 9.62 Å². The Morgan fingerprint density at radius 1 is 0.907 bits per heavy atom. The van der Waals surface area contributed by atoms with Gasteiger partial charge in [-0.15, -0.1) is 0 Å². The number of alkyl halides is 3. The Bertz CT molecular complexity index is 1570. The molecule has 232 valence electrons. The molecule has 0 spiro atoms. The van der Waals surface area contributed by atoms with E-state index in [0.29, 0.717) is 22.0 Å². The molecular weight excluding hydrogens is 650 g/mol. The van der Waals surface area contributed by atoms with E-state index >= 15 is 0 Å². The van der Waals surface area contributed by atoms with Gasteiger partial charge in [0.1, 0.15) is 12.6 Å². The lowest BCUT2D eigenvalue weighted by Crippen LogP contribution is -2.53. The lowest BCUT2D eigenvalue weighted by atomic mass is 10.1. The maximum atomic E-state index is 14.1. The summed E-state index contributed by atoms with van der Waals surface area (Å²) in [5.41, 5.74) is -1.24. The normalized spacial score (nSPS) is 12.6. The van der Waals surface area contributed by atoms with Crippen LogP contribution in [0.4, 0.5) is 18.9 Å². The van der Waals surface area contributed by atoms with Crippen molar-refractivity contribution in [3.63, 3.8) is 0 Å². The van der Waals surface area contributed by atoms with Crippen molar-refractivity contribution in [3.05, 3.63) is 92.9 Å². The molecule has 0 radical (unpaired) electrons. The van der Waals surface area contributed by atoms with Crippen molar-refractivity contribution < 1.29 is 31.2 Å². The molecule has 7 nitrogen and oxygen atoms in total. The first kappa shape index (κ1) is 34.5. The number of hydrogen-bond acceptors (Lipinski definition) is 4. The number of carbonyl (C=O) groups is 2. The number of benzene rings is 3. The minimum absolute atomic E-state index is 0.140. The quantitative estimate of drug-likeness (QED) is 0.233. The Morgan fingerprint density at radius 3 is 2.09 bits per heavy atom. The van der Waals surface area contributed by atoms with Crippen LogP contribution in [0.3, 0.4) is 0 Å². The second-order valence-corrected chi connectivity index (χ2v) is 12.9. The third-order valence-corrected chi connectivity index (χ3v) is 9.14. The van der Waals surface area contributed by atoms with Crippen LogP contribution in [0.15, 0.2) is 71.6 Å². The summed E-state index contributed by atoms with van der Waals surface area (Å²) in [5.74, 6) is -1.37. The van der Waals surface area contributed by atoms with E-state index in [2.05, 4.69) is 5.32 Å². The number of anilines is 1. The van der Waals surface area contributed by atoms with Crippen molar-refractivity contribution in [3.8, 4) is 0 Å². The van der Waals surface area contributed by atoms with Crippen molar-refractivity contribution in [2.75, 3.05) is 10.8 Å². The largest absolute Gasteiger partial charge is 0.416 e. The molecule has 2 amide bonds. The van der Waals surface area contributed by atoms with E-state index in [1.54, 1.807) is 32.9 Å². The van der Waals surface area contributed by atoms with Crippen LogP contribution in [0.25, 0.3) is 0 Å². The van der Waals surface area contributed by atoms with Crippen molar-refractivity contribution in [1.29, 1.82) is 0 Å². The molecule has 3 aromatic carbocycles. The average molecular weight is 679 g/mol. The Labute approximate surface area is 263 Å². The summed E-state index contributed by atoms with van der Waals surface area (Å²) in [5, 5.41) is 2.87. The van der Waals surface area contributed by atoms with Gasteiger partial charge in [0.2, 0.25) is 11.8 Å². The van der Waals surface area contributed by atoms with Crippen LogP contribution in [-0.4, -0.2) is 43.8 Å². The van der Waals surface area contributed by atoms with E-state index in [-0.39, 0.29) is 39.0 Å². The molecule has 3 rings (SSSR count). The molecule has 1 N–H and O–H groups in total. The zero-order chi connectivity index (χ0) is 32.1. The summed E-state index contributed by atoms with van der Waals surface area (Å²) < 4.78 is 69.3. The lowest BCUT2D eigenvalue weighted by Gasteiger charge is -2.34. The number of hydrogen-bond donors (Lipinski definition) is 1. The van der Waals surface area contributed by atoms with Gasteiger partial charge in [-0.25, -0.2) is 8.42 Å². The van der Waals surface area contributed by atoms with Gasteiger partial charge in [0.05, 0.1) is 31.2 Å². The Morgan fingerprint density at radius 2 is 1.53 bits per heavy atom. The third kappa shape index (κ3) is 8.56. The molecule has 0 fully saturated rings. The number of rotatable bonds is 11. The smallest absolute Gasteiger partial charge is 0.352 e. The topological polar surface area (TPSA) is 86.8 Å². The minimum atomic E-state index is -4.83. The zero-order valence-electron chi connectivity index (χ0n) is 23.3. The standard InChI is InChI=1S/C29H29Cl3F3N3O4S/c1-4-25(28(40)36-18(2)3)37(16-19-10-12-22(30)24(32)14-19)27(39)17-38(43(41,42)21-8-6-5-7-9-21)26-15-20(29(33,34)35)11-13-23(26)31/h5-15,18,25H,4,16-17H2,1-3H3,(H,36,40)/t25-/m1/s1. The number of nitrogens with zero attached hydrogens (tertiary/aromatic N) is 2. The SMILES string of the molecule is CC[C@H](C(=O)NC(C)C)N(Cc1ccc(Cl)c(Cl)c1)C(=O)CN(c1cc(C(F)(F)F)ccc1Cl)S(=O)(=O)c1ccccc1. The number of carbonyl (C=O) groups excluding carboxylic acids is 2. The predicted molar refractivity (Wildman–Crippen MR) is 162 cm³/mol. The highest BCUT2D eigenvalue weighted by atomic mass is 35.5. The van der Waals surface area contributed by atoms with Crippen LogP contribution >= 0.6 is 34.8 Å². The van der Waals surface area contributed by atoms with Crippen LogP contribution in [0.2, 0.25) is 15.1 Å².